The van der Waals surface area contributed by atoms with Gasteiger partial charge in [0.05, 0.1) is 6.26 Å². The molecule has 0 aliphatic carbocycles. The summed E-state index contributed by atoms with van der Waals surface area (Å²) in [6, 6.07) is 17.9. The highest BCUT2D eigenvalue weighted by Crippen LogP contribution is 2.24. The van der Waals surface area contributed by atoms with Crippen molar-refractivity contribution >= 4 is 0 Å². The summed E-state index contributed by atoms with van der Waals surface area (Å²) < 4.78 is 24.5. The van der Waals surface area contributed by atoms with E-state index in [2.05, 4.69) is 0 Å². The molecule has 3 heteroatoms. The van der Waals surface area contributed by atoms with Crippen molar-refractivity contribution in [3.63, 3.8) is 0 Å². The van der Waals surface area contributed by atoms with Crippen molar-refractivity contribution in [1.29, 1.82) is 0 Å². The molecule has 2 nitrogen and oxygen atoms in total. The van der Waals surface area contributed by atoms with E-state index in [1.165, 1.54) is 6.07 Å². The van der Waals surface area contributed by atoms with Crippen LogP contribution in [0.25, 0.3) is 11.3 Å². The highest BCUT2D eigenvalue weighted by molar-refractivity contribution is 5.59. The minimum atomic E-state index is -0.255. The summed E-state index contributed by atoms with van der Waals surface area (Å²) in [5.41, 5.74) is 1.47. The van der Waals surface area contributed by atoms with E-state index in [9.17, 15) is 4.39 Å². The predicted octanol–water partition coefficient (Wildman–Crippen LogP) is 4.66. The van der Waals surface area contributed by atoms with Crippen molar-refractivity contribution in [2.45, 2.75) is 6.61 Å². The Labute approximate surface area is 116 Å². The third-order valence-electron chi connectivity index (χ3n) is 2.99. The maximum atomic E-state index is 13.5. The number of benzene rings is 2. The Bertz CT molecular complexity index is 690. The molecular formula is C17H13FO2. The fourth-order valence-electron chi connectivity index (χ4n) is 1.96. The first-order chi connectivity index (χ1) is 9.83. The molecule has 0 saturated heterocycles. The highest BCUT2D eigenvalue weighted by atomic mass is 19.1. The summed E-state index contributed by atoms with van der Waals surface area (Å²) in [4.78, 5) is 0. The van der Waals surface area contributed by atoms with Gasteiger partial charge in [-0.1, -0.05) is 30.3 Å². The van der Waals surface area contributed by atoms with Gasteiger partial charge in [-0.15, -0.1) is 0 Å². The van der Waals surface area contributed by atoms with Gasteiger partial charge in [0.2, 0.25) is 0 Å². The maximum Gasteiger partial charge on any atom is 0.133 e. The summed E-state index contributed by atoms with van der Waals surface area (Å²) in [6.45, 7) is 0.203. The maximum absolute atomic E-state index is 13.5. The topological polar surface area (TPSA) is 22.4 Å². The lowest BCUT2D eigenvalue weighted by atomic mass is 10.1. The van der Waals surface area contributed by atoms with Crippen molar-refractivity contribution in [2.24, 2.45) is 0 Å². The SMILES string of the molecule is Fc1ccccc1COc1cccc(-c2ccco2)c1. The van der Waals surface area contributed by atoms with Crippen LogP contribution in [-0.4, -0.2) is 0 Å². The molecule has 0 amide bonds. The second-order valence-corrected chi connectivity index (χ2v) is 4.39. The van der Waals surface area contributed by atoms with Gasteiger partial charge >= 0.3 is 0 Å². The summed E-state index contributed by atoms with van der Waals surface area (Å²) in [7, 11) is 0. The summed E-state index contributed by atoms with van der Waals surface area (Å²) in [5, 5.41) is 0. The zero-order valence-corrected chi connectivity index (χ0v) is 10.8. The largest absolute Gasteiger partial charge is 0.489 e. The lowest BCUT2D eigenvalue weighted by Crippen LogP contribution is -1.98. The first-order valence-corrected chi connectivity index (χ1v) is 6.33. The van der Waals surface area contributed by atoms with Crippen LogP contribution in [0.1, 0.15) is 5.56 Å². The number of hydrogen-bond donors (Lipinski definition) is 0. The van der Waals surface area contributed by atoms with Crippen LogP contribution in [0.5, 0.6) is 5.75 Å². The molecular weight excluding hydrogens is 255 g/mol. The minimum Gasteiger partial charge on any atom is -0.489 e. The second kappa shape index (κ2) is 5.61. The first-order valence-electron chi connectivity index (χ1n) is 6.33. The van der Waals surface area contributed by atoms with Gasteiger partial charge in [-0.2, -0.15) is 0 Å². The van der Waals surface area contributed by atoms with Crippen LogP contribution in [0.3, 0.4) is 0 Å². The fourth-order valence-corrected chi connectivity index (χ4v) is 1.96. The van der Waals surface area contributed by atoms with Gasteiger partial charge in [-0.3, -0.25) is 0 Å². The van der Waals surface area contributed by atoms with Crippen molar-refractivity contribution in [3.05, 3.63) is 78.3 Å². The average Bonchev–Trinajstić information content (AvgIpc) is 3.01. The molecule has 0 N–H and O–H groups in total. The van der Waals surface area contributed by atoms with E-state index in [4.69, 9.17) is 9.15 Å². The molecule has 3 aromatic rings. The molecule has 0 bridgehead atoms. The fraction of sp³-hybridized carbons (Fsp3) is 0.0588. The van der Waals surface area contributed by atoms with Gasteiger partial charge in [0.25, 0.3) is 0 Å². The molecule has 0 spiro atoms. The Morgan fingerprint density at radius 3 is 2.65 bits per heavy atom. The van der Waals surface area contributed by atoms with E-state index < -0.39 is 0 Å². The van der Waals surface area contributed by atoms with Crippen LogP contribution in [0, 0.1) is 5.82 Å². The van der Waals surface area contributed by atoms with E-state index in [1.807, 2.05) is 36.4 Å². The first kappa shape index (κ1) is 12.5. The van der Waals surface area contributed by atoms with Crippen LogP contribution in [0.15, 0.2) is 71.3 Å². The van der Waals surface area contributed by atoms with Crippen molar-refractivity contribution in [1.82, 2.24) is 0 Å². The molecule has 1 heterocycles. The zero-order valence-electron chi connectivity index (χ0n) is 10.8. The number of hydrogen-bond acceptors (Lipinski definition) is 2. The number of ether oxygens (including phenoxy) is 1. The summed E-state index contributed by atoms with van der Waals surface area (Å²) in [5.74, 6) is 1.21. The van der Waals surface area contributed by atoms with Gasteiger partial charge in [-0.25, -0.2) is 4.39 Å². The second-order valence-electron chi connectivity index (χ2n) is 4.39. The lowest BCUT2D eigenvalue weighted by Gasteiger charge is -2.08. The molecule has 0 aliphatic heterocycles. The number of halogens is 1. The van der Waals surface area contributed by atoms with E-state index in [-0.39, 0.29) is 12.4 Å². The molecule has 0 atom stereocenters. The Hall–Kier alpha value is -2.55. The normalized spacial score (nSPS) is 10.4. The molecule has 1 aromatic heterocycles. The van der Waals surface area contributed by atoms with E-state index in [0.717, 1.165) is 11.3 Å². The highest BCUT2D eigenvalue weighted by Gasteiger charge is 2.04. The van der Waals surface area contributed by atoms with Crippen LogP contribution in [0.2, 0.25) is 0 Å². The van der Waals surface area contributed by atoms with E-state index in [1.54, 1.807) is 24.5 Å². The monoisotopic (exact) mass is 268 g/mol. The van der Waals surface area contributed by atoms with Crippen LogP contribution >= 0.6 is 0 Å². The van der Waals surface area contributed by atoms with Crippen molar-refractivity contribution in [3.8, 4) is 17.1 Å². The molecule has 0 unspecified atom stereocenters. The van der Waals surface area contributed by atoms with Crippen LogP contribution in [0.4, 0.5) is 4.39 Å². The Balaban J connectivity index is 1.75. The number of rotatable bonds is 4. The molecule has 0 radical (unpaired) electrons. The molecule has 0 fully saturated rings. The van der Waals surface area contributed by atoms with Crippen molar-refractivity contribution in [2.75, 3.05) is 0 Å². The molecule has 0 saturated carbocycles. The Morgan fingerprint density at radius 2 is 1.85 bits per heavy atom. The van der Waals surface area contributed by atoms with Crippen LogP contribution < -0.4 is 4.74 Å². The number of furan rings is 1. The van der Waals surface area contributed by atoms with E-state index in [0.29, 0.717) is 11.3 Å². The van der Waals surface area contributed by atoms with Crippen molar-refractivity contribution < 1.29 is 13.5 Å². The molecule has 3 rings (SSSR count). The Morgan fingerprint density at radius 1 is 0.950 bits per heavy atom. The Kier molecular flexibility index (Phi) is 3.50. The van der Waals surface area contributed by atoms with Gasteiger partial charge in [-0.05, 0) is 30.3 Å². The van der Waals surface area contributed by atoms with Crippen LogP contribution in [-0.2, 0) is 6.61 Å². The lowest BCUT2D eigenvalue weighted by molar-refractivity contribution is 0.300. The van der Waals surface area contributed by atoms with Gasteiger partial charge in [0.1, 0.15) is 23.9 Å². The molecule has 100 valence electrons. The third-order valence-corrected chi connectivity index (χ3v) is 2.99. The molecule has 0 aliphatic rings. The van der Waals surface area contributed by atoms with Gasteiger partial charge in [0.15, 0.2) is 0 Å². The molecule has 2 aromatic carbocycles. The quantitative estimate of drug-likeness (QED) is 0.686. The molecule has 20 heavy (non-hydrogen) atoms. The summed E-state index contributed by atoms with van der Waals surface area (Å²) >= 11 is 0. The zero-order chi connectivity index (χ0) is 13.8. The van der Waals surface area contributed by atoms with E-state index >= 15 is 0 Å². The summed E-state index contributed by atoms with van der Waals surface area (Å²) in [6.07, 6.45) is 1.63. The minimum absolute atomic E-state index is 0.203. The average molecular weight is 268 g/mol. The standard InChI is InChI=1S/C17H13FO2/c18-16-8-2-1-5-14(16)12-20-15-7-3-6-13(11-15)17-9-4-10-19-17/h1-11H,12H2. The predicted molar refractivity (Wildman–Crippen MR) is 74.9 cm³/mol. The van der Waals surface area contributed by atoms with Gasteiger partial charge < -0.3 is 9.15 Å². The third kappa shape index (κ3) is 2.72. The van der Waals surface area contributed by atoms with Gasteiger partial charge in [0, 0.05) is 11.1 Å². The smallest absolute Gasteiger partial charge is 0.133 e.